The Morgan fingerprint density at radius 2 is 1.56 bits per heavy atom. The fraction of sp³-hybridized carbons (Fsp3) is 0.296. The van der Waals surface area contributed by atoms with Gasteiger partial charge in [0.1, 0.15) is 10.6 Å². The van der Waals surface area contributed by atoms with Crippen LogP contribution in [0.2, 0.25) is 0 Å². The summed E-state index contributed by atoms with van der Waals surface area (Å²) in [4.78, 5) is 14.3. The molecular formula is C27H28F3NO4S. The number of carbonyl (C=O) groups is 1. The van der Waals surface area contributed by atoms with Crippen LogP contribution in [-0.2, 0) is 29.3 Å². The molecule has 1 amide bonds. The molecule has 0 unspecified atom stereocenters. The number of halogens is 3. The highest BCUT2D eigenvalue weighted by Gasteiger charge is 2.32. The van der Waals surface area contributed by atoms with E-state index in [1.54, 1.807) is 17.0 Å². The number of aryl methyl sites for hydroxylation is 1. The van der Waals surface area contributed by atoms with Gasteiger partial charge >= 0.3 is 16.3 Å². The summed E-state index contributed by atoms with van der Waals surface area (Å²) in [5, 5.41) is 0. The van der Waals surface area contributed by atoms with Crippen LogP contribution >= 0.6 is 0 Å². The van der Waals surface area contributed by atoms with E-state index in [-0.39, 0.29) is 17.6 Å². The van der Waals surface area contributed by atoms with E-state index in [2.05, 4.69) is 0 Å². The van der Waals surface area contributed by atoms with Crippen LogP contribution < -0.4 is 4.18 Å². The van der Waals surface area contributed by atoms with Gasteiger partial charge in [0.2, 0.25) is 0 Å². The maximum Gasteiger partial charge on any atom is 0.416 e. The Hall–Kier alpha value is -3.33. The molecule has 0 atom stereocenters. The number of rotatable bonds is 9. The van der Waals surface area contributed by atoms with Crippen molar-refractivity contribution in [2.75, 3.05) is 6.54 Å². The van der Waals surface area contributed by atoms with E-state index in [0.717, 1.165) is 35.7 Å². The first-order chi connectivity index (χ1) is 16.9. The molecule has 5 nitrogen and oxygen atoms in total. The third-order valence-electron chi connectivity index (χ3n) is 5.43. The summed E-state index contributed by atoms with van der Waals surface area (Å²) in [6.45, 7) is 6.88. The molecule has 3 aromatic rings. The van der Waals surface area contributed by atoms with Crippen LogP contribution in [0.4, 0.5) is 13.2 Å². The molecule has 0 aromatic heterocycles. The molecule has 0 fully saturated rings. The van der Waals surface area contributed by atoms with Gasteiger partial charge in [0.25, 0.3) is 5.91 Å². The number of alkyl halides is 3. The maximum absolute atomic E-state index is 13.1. The van der Waals surface area contributed by atoms with E-state index in [1.165, 1.54) is 12.1 Å². The lowest BCUT2D eigenvalue weighted by Gasteiger charge is -2.25. The Bertz CT molecular complexity index is 1290. The van der Waals surface area contributed by atoms with Crippen LogP contribution in [0.5, 0.6) is 5.75 Å². The maximum atomic E-state index is 13.1. The van der Waals surface area contributed by atoms with Gasteiger partial charge in [0, 0.05) is 18.7 Å². The molecule has 0 spiro atoms. The molecule has 0 aliphatic heterocycles. The number of nitrogens with zero attached hydrogens (tertiary/aromatic N) is 1. The third-order valence-corrected chi connectivity index (χ3v) is 6.68. The van der Waals surface area contributed by atoms with Crippen LogP contribution in [-0.4, -0.2) is 25.8 Å². The quantitative estimate of drug-likeness (QED) is 0.310. The largest absolute Gasteiger partial charge is 0.416 e. The van der Waals surface area contributed by atoms with Crippen LogP contribution in [0, 0.1) is 5.92 Å². The van der Waals surface area contributed by atoms with Crippen molar-refractivity contribution in [3.63, 3.8) is 0 Å². The molecule has 0 saturated carbocycles. The van der Waals surface area contributed by atoms with Gasteiger partial charge in [-0.2, -0.15) is 21.6 Å². The van der Waals surface area contributed by atoms with Crippen LogP contribution in [0.25, 0.3) is 0 Å². The first kappa shape index (κ1) is 27.3. The summed E-state index contributed by atoms with van der Waals surface area (Å²) in [6.07, 6.45) is -3.80. The number of hydrogen-bond acceptors (Lipinski definition) is 4. The molecule has 0 aliphatic carbocycles. The molecule has 0 saturated heterocycles. The molecule has 36 heavy (non-hydrogen) atoms. The average molecular weight is 520 g/mol. The zero-order valence-corrected chi connectivity index (χ0v) is 21.1. The Morgan fingerprint density at radius 3 is 2.11 bits per heavy atom. The highest BCUT2D eigenvalue weighted by molar-refractivity contribution is 7.87. The van der Waals surface area contributed by atoms with Crippen molar-refractivity contribution < 1.29 is 30.6 Å². The predicted octanol–water partition coefficient (Wildman–Crippen LogP) is 6.33. The van der Waals surface area contributed by atoms with Gasteiger partial charge in [-0.3, -0.25) is 4.79 Å². The summed E-state index contributed by atoms with van der Waals surface area (Å²) in [5.41, 5.74) is 1.39. The second-order valence-electron chi connectivity index (χ2n) is 8.84. The monoisotopic (exact) mass is 519 g/mol. The van der Waals surface area contributed by atoms with Crippen molar-refractivity contribution in [2.24, 2.45) is 5.92 Å². The Kier molecular flexibility index (Phi) is 8.45. The average Bonchev–Trinajstić information content (AvgIpc) is 2.83. The minimum Gasteiger partial charge on any atom is -0.379 e. The molecule has 0 N–H and O–H groups in total. The SMILES string of the molecule is CCc1ccc(C(=O)N(Cc2ccc(OS(=O)(=O)c3cccc(C(F)(F)F)c3)cc2)CC(C)C)cc1. The van der Waals surface area contributed by atoms with Crippen LogP contribution in [0.15, 0.2) is 77.7 Å². The number of carbonyl (C=O) groups excluding carboxylic acids is 1. The Morgan fingerprint density at radius 1 is 0.944 bits per heavy atom. The molecule has 3 rings (SSSR count). The molecule has 3 aromatic carbocycles. The summed E-state index contributed by atoms with van der Waals surface area (Å²) >= 11 is 0. The van der Waals surface area contributed by atoms with Gasteiger partial charge in [0.05, 0.1) is 5.56 Å². The standard InChI is InChI=1S/C27H28F3NO4S/c1-4-20-8-12-22(13-9-20)26(32)31(17-19(2)3)18-21-10-14-24(15-11-21)35-36(33,34)25-7-5-6-23(16-25)27(28,29)30/h5-16,19H,4,17-18H2,1-3H3. The second-order valence-corrected chi connectivity index (χ2v) is 10.4. The number of hydrogen-bond donors (Lipinski definition) is 0. The zero-order valence-electron chi connectivity index (χ0n) is 20.2. The first-order valence-corrected chi connectivity index (χ1v) is 12.9. The van der Waals surface area contributed by atoms with E-state index in [9.17, 15) is 26.4 Å². The molecule has 9 heteroatoms. The molecule has 0 radical (unpaired) electrons. The van der Waals surface area contributed by atoms with Crippen molar-refractivity contribution in [1.29, 1.82) is 0 Å². The van der Waals surface area contributed by atoms with Crippen molar-refractivity contribution in [3.8, 4) is 5.75 Å². The van der Waals surface area contributed by atoms with E-state index in [0.29, 0.717) is 24.7 Å². The zero-order chi connectivity index (χ0) is 26.5. The van der Waals surface area contributed by atoms with Crippen molar-refractivity contribution in [1.82, 2.24) is 4.90 Å². The number of amides is 1. The highest BCUT2D eigenvalue weighted by atomic mass is 32.2. The summed E-state index contributed by atoms with van der Waals surface area (Å²) < 4.78 is 68.9. The van der Waals surface area contributed by atoms with Gasteiger partial charge in [-0.1, -0.05) is 51.1 Å². The second kappa shape index (κ2) is 11.2. The predicted molar refractivity (Wildman–Crippen MR) is 131 cm³/mol. The fourth-order valence-corrected chi connectivity index (χ4v) is 4.58. The lowest BCUT2D eigenvalue weighted by molar-refractivity contribution is -0.137. The summed E-state index contributed by atoms with van der Waals surface area (Å²) in [5.74, 6) is 0.0657. The summed E-state index contributed by atoms with van der Waals surface area (Å²) in [6, 6.07) is 16.9. The molecule has 0 bridgehead atoms. The smallest absolute Gasteiger partial charge is 0.379 e. The third kappa shape index (κ3) is 7.10. The lowest BCUT2D eigenvalue weighted by Crippen LogP contribution is -2.33. The van der Waals surface area contributed by atoms with Crippen molar-refractivity contribution >= 4 is 16.0 Å². The normalized spacial score (nSPS) is 12.0. The highest BCUT2D eigenvalue weighted by Crippen LogP contribution is 2.31. The van der Waals surface area contributed by atoms with Gasteiger partial charge in [-0.25, -0.2) is 0 Å². The van der Waals surface area contributed by atoms with Crippen LogP contribution in [0.1, 0.15) is 47.8 Å². The van der Waals surface area contributed by atoms with Crippen molar-refractivity contribution in [3.05, 3.63) is 95.1 Å². The Balaban J connectivity index is 1.75. The summed E-state index contributed by atoms with van der Waals surface area (Å²) in [7, 11) is -4.47. The molecule has 192 valence electrons. The molecular weight excluding hydrogens is 491 g/mol. The van der Waals surface area contributed by atoms with Crippen LogP contribution in [0.3, 0.4) is 0 Å². The lowest BCUT2D eigenvalue weighted by atomic mass is 10.1. The van der Waals surface area contributed by atoms with E-state index in [1.807, 2.05) is 45.0 Å². The van der Waals surface area contributed by atoms with E-state index in [4.69, 9.17) is 4.18 Å². The topological polar surface area (TPSA) is 63.7 Å². The Labute approximate surface area is 209 Å². The first-order valence-electron chi connectivity index (χ1n) is 11.5. The number of benzene rings is 3. The molecule has 0 aliphatic rings. The fourth-order valence-electron chi connectivity index (χ4n) is 3.60. The van der Waals surface area contributed by atoms with E-state index < -0.39 is 26.8 Å². The minimum absolute atomic E-state index is 0.0481. The molecule has 0 heterocycles. The van der Waals surface area contributed by atoms with Gasteiger partial charge in [0.15, 0.2) is 0 Å². The van der Waals surface area contributed by atoms with Gasteiger partial charge in [-0.05, 0) is 65.9 Å². The minimum atomic E-state index is -4.68. The van der Waals surface area contributed by atoms with Gasteiger partial charge < -0.3 is 9.08 Å². The van der Waals surface area contributed by atoms with Gasteiger partial charge in [-0.15, -0.1) is 0 Å². The van der Waals surface area contributed by atoms with Crippen molar-refractivity contribution in [2.45, 2.75) is 44.8 Å². The van der Waals surface area contributed by atoms with E-state index >= 15 is 0 Å².